The Balaban J connectivity index is 2.29. The molecule has 1 aliphatic heterocycles. The molecule has 21 heavy (non-hydrogen) atoms. The lowest BCUT2D eigenvalue weighted by molar-refractivity contribution is -0.168. The third kappa shape index (κ3) is 2.95. The molecule has 0 spiro atoms. The van der Waals surface area contributed by atoms with Gasteiger partial charge in [0.05, 0.1) is 0 Å². The lowest BCUT2D eigenvalue weighted by Crippen LogP contribution is -2.48. The van der Waals surface area contributed by atoms with E-state index < -0.39 is 30.2 Å². The highest BCUT2D eigenvalue weighted by atomic mass is 35.5. The van der Waals surface area contributed by atoms with Crippen LogP contribution in [-0.4, -0.2) is 48.5 Å². The van der Waals surface area contributed by atoms with E-state index in [4.69, 9.17) is 25.8 Å². The molecule has 0 saturated carbocycles. The van der Waals surface area contributed by atoms with Crippen molar-refractivity contribution in [2.45, 2.75) is 44.1 Å². The van der Waals surface area contributed by atoms with E-state index in [-0.39, 0.29) is 0 Å². The smallest absolute Gasteiger partial charge is 0.186 e. The van der Waals surface area contributed by atoms with Gasteiger partial charge in [0.1, 0.15) is 23.9 Å². The molecule has 1 saturated heterocycles. The summed E-state index contributed by atoms with van der Waals surface area (Å²) in [5.74, 6) is 0. The number of aryl methyl sites for hydroxylation is 1. The Hall–Kier alpha value is -0.690. The highest BCUT2D eigenvalue weighted by Crippen LogP contribution is 2.40. The van der Waals surface area contributed by atoms with Crippen molar-refractivity contribution in [1.82, 2.24) is 0 Å². The summed E-state index contributed by atoms with van der Waals surface area (Å²) in [5, 5.41) is 21.7. The van der Waals surface area contributed by atoms with Gasteiger partial charge in [-0.05, 0) is 31.0 Å². The quantitative estimate of drug-likeness (QED) is 0.887. The number of aliphatic hydroxyl groups is 2. The first-order valence-electron chi connectivity index (χ1n) is 6.70. The second-order valence-electron chi connectivity index (χ2n) is 5.50. The van der Waals surface area contributed by atoms with E-state index in [1.165, 1.54) is 14.2 Å². The molecule has 2 rings (SSSR count). The predicted molar refractivity (Wildman–Crippen MR) is 78.2 cm³/mol. The van der Waals surface area contributed by atoms with Gasteiger partial charge >= 0.3 is 0 Å². The zero-order valence-corrected chi connectivity index (χ0v) is 13.3. The highest BCUT2D eigenvalue weighted by molar-refractivity contribution is 6.31. The molecule has 1 fully saturated rings. The molecule has 0 bridgehead atoms. The topological polar surface area (TPSA) is 68.2 Å². The molecule has 0 aromatic heterocycles. The fourth-order valence-electron chi connectivity index (χ4n) is 2.68. The summed E-state index contributed by atoms with van der Waals surface area (Å²) < 4.78 is 16.0. The summed E-state index contributed by atoms with van der Waals surface area (Å²) in [6.45, 7) is 3.44. The molecule has 0 aliphatic carbocycles. The van der Waals surface area contributed by atoms with E-state index >= 15 is 0 Å². The maximum Gasteiger partial charge on any atom is 0.186 e. The molecule has 118 valence electrons. The molecule has 1 heterocycles. The highest BCUT2D eigenvalue weighted by Gasteiger charge is 2.56. The summed E-state index contributed by atoms with van der Waals surface area (Å²) in [6.07, 6.45) is -3.37. The maximum absolute atomic E-state index is 10.6. The normalized spacial score (nSPS) is 34.1. The van der Waals surface area contributed by atoms with Crippen molar-refractivity contribution in [2.24, 2.45) is 0 Å². The summed E-state index contributed by atoms with van der Waals surface area (Å²) in [4.78, 5) is 0. The Kier molecular flexibility index (Phi) is 4.92. The van der Waals surface area contributed by atoms with Crippen LogP contribution in [0.3, 0.4) is 0 Å². The fourth-order valence-corrected chi connectivity index (χ4v) is 2.87. The third-order valence-electron chi connectivity index (χ3n) is 3.99. The van der Waals surface area contributed by atoms with Gasteiger partial charge in [-0.3, -0.25) is 0 Å². The van der Waals surface area contributed by atoms with Crippen LogP contribution in [0.4, 0.5) is 0 Å². The minimum atomic E-state index is -1.40. The maximum atomic E-state index is 10.6. The molecule has 0 radical (unpaired) electrons. The molecule has 2 N–H and O–H groups in total. The molecule has 1 aromatic rings. The Bertz CT molecular complexity index is 505. The van der Waals surface area contributed by atoms with E-state index in [0.717, 1.165) is 5.56 Å². The number of hydrogen-bond donors (Lipinski definition) is 2. The predicted octanol–water partition coefficient (Wildman–Crippen LogP) is 1.82. The summed E-state index contributed by atoms with van der Waals surface area (Å²) >= 11 is 6.08. The van der Waals surface area contributed by atoms with Crippen molar-refractivity contribution in [1.29, 1.82) is 0 Å². The molecule has 5 nitrogen and oxygen atoms in total. The van der Waals surface area contributed by atoms with Crippen LogP contribution in [0, 0.1) is 6.92 Å². The number of ether oxygens (including phenoxy) is 3. The first-order chi connectivity index (χ1) is 9.82. The Labute approximate surface area is 129 Å². The number of methoxy groups -OCH3 is 2. The van der Waals surface area contributed by atoms with E-state index in [0.29, 0.717) is 10.6 Å². The van der Waals surface area contributed by atoms with Crippen molar-refractivity contribution < 1.29 is 24.4 Å². The van der Waals surface area contributed by atoms with Crippen molar-refractivity contribution >= 4 is 11.6 Å². The van der Waals surface area contributed by atoms with E-state index in [2.05, 4.69) is 0 Å². The Morgan fingerprint density at radius 3 is 2.48 bits per heavy atom. The Morgan fingerprint density at radius 2 is 2.00 bits per heavy atom. The zero-order chi connectivity index (χ0) is 15.8. The third-order valence-corrected chi connectivity index (χ3v) is 4.40. The van der Waals surface area contributed by atoms with Crippen LogP contribution in [0.5, 0.6) is 0 Å². The van der Waals surface area contributed by atoms with Crippen molar-refractivity contribution in [2.75, 3.05) is 14.2 Å². The van der Waals surface area contributed by atoms with Gasteiger partial charge in [0.25, 0.3) is 0 Å². The van der Waals surface area contributed by atoms with E-state index in [1.54, 1.807) is 19.1 Å². The van der Waals surface area contributed by atoms with Crippen LogP contribution in [0.25, 0.3) is 0 Å². The Morgan fingerprint density at radius 1 is 1.33 bits per heavy atom. The second-order valence-corrected chi connectivity index (χ2v) is 5.90. The van der Waals surface area contributed by atoms with Crippen LogP contribution in [0.2, 0.25) is 5.02 Å². The standard InChI is InChI=1S/C15H21ClO5/c1-8-5-6-9(7-10(8)16)11(17)12-15(2,18)13(19-3)14(20-4)21-12/h5-7,11-14,17-18H,1-4H3/t11-,12-,13+,14+,15-/m1/s1. The monoisotopic (exact) mass is 316 g/mol. The van der Waals surface area contributed by atoms with E-state index in [1.807, 2.05) is 13.0 Å². The van der Waals surface area contributed by atoms with Gasteiger partial charge in [-0.15, -0.1) is 0 Å². The average molecular weight is 317 g/mol. The van der Waals surface area contributed by atoms with Gasteiger partial charge in [0.2, 0.25) is 0 Å². The summed E-state index contributed by atoms with van der Waals surface area (Å²) in [5.41, 5.74) is 0.0883. The largest absolute Gasteiger partial charge is 0.386 e. The van der Waals surface area contributed by atoms with Crippen LogP contribution < -0.4 is 0 Å². The first-order valence-corrected chi connectivity index (χ1v) is 7.08. The number of aliphatic hydroxyl groups excluding tert-OH is 1. The van der Waals surface area contributed by atoms with Crippen molar-refractivity contribution in [3.63, 3.8) is 0 Å². The number of halogens is 1. The molecule has 0 unspecified atom stereocenters. The van der Waals surface area contributed by atoms with Crippen LogP contribution >= 0.6 is 11.6 Å². The molecule has 1 aromatic carbocycles. The number of benzene rings is 1. The van der Waals surface area contributed by atoms with Crippen LogP contribution in [0.15, 0.2) is 18.2 Å². The summed E-state index contributed by atoms with van der Waals surface area (Å²) in [7, 11) is 2.93. The van der Waals surface area contributed by atoms with Crippen molar-refractivity contribution in [3.8, 4) is 0 Å². The SMILES string of the molecule is CO[C@H]1O[C@H]([C@H](O)c2ccc(C)c(Cl)c2)[C@@](C)(O)[C@H]1OC. The summed E-state index contributed by atoms with van der Waals surface area (Å²) in [6, 6.07) is 5.24. The fraction of sp³-hybridized carbons (Fsp3) is 0.600. The first kappa shape index (κ1) is 16.7. The number of rotatable bonds is 4. The molecule has 6 heteroatoms. The second kappa shape index (κ2) is 6.20. The van der Waals surface area contributed by atoms with E-state index in [9.17, 15) is 10.2 Å². The molecule has 1 aliphatic rings. The minimum absolute atomic E-state index is 0.552. The number of hydrogen-bond acceptors (Lipinski definition) is 5. The van der Waals surface area contributed by atoms with Gasteiger partial charge < -0.3 is 24.4 Å². The van der Waals surface area contributed by atoms with Crippen molar-refractivity contribution in [3.05, 3.63) is 34.3 Å². The van der Waals surface area contributed by atoms with Gasteiger partial charge in [0, 0.05) is 19.2 Å². The van der Waals surface area contributed by atoms with Gasteiger partial charge in [0.15, 0.2) is 6.29 Å². The minimum Gasteiger partial charge on any atom is -0.386 e. The molecular weight excluding hydrogens is 296 g/mol. The molecular formula is C15H21ClO5. The average Bonchev–Trinajstić information content (AvgIpc) is 2.71. The lowest BCUT2D eigenvalue weighted by Gasteiger charge is -2.31. The zero-order valence-electron chi connectivity index (χ0n) is 12.5. The van der Waals surface area contributed by atoms with Crippen LogP contribution in [0.1, 0.15) is 24.2 Å². The molecule has 0 amide bonds. The van der Waals surface area contributed by atoms with Gasteiger partial charge in [-0.25, -0.2) is 0 Å². The van der Waals surface area contributed by atoms with Gasteiger partial charge in [-0.2, -0.15) is 0 Å². The lowest BCUT2D eigenvalue weighted by atomic mass is 9.88. The van der Waals surface area contributed by atoms with Gasteiger partial charge in [-0.1, -0.05) is 23.7 Å². The molecule has 5 atom stereocenters. The van der Waals surface area contributed by atoms with Crippen LogP contribution in [-0.2, 0) is 14.2 Å².